The maximum atomic E-state index is 12.8. The van der Waals surface area contributed by atoms with Crippen molar-refractivity contribution in [3.8, 4) is 11.5 Å². The number of carbonyl (C=O) groups is 4. The molecule has 0 aliphatic heterocycles. The highest BCUT2D eigenvalue weighted by Gasteiger charge is 2.31. The van der Waals surface area contributed by atoms with Crippen LogP contribution in [0, 0.1) is 10.8 Å². The van der Waals surface area contributed by atoms with Gasteiger partial charge < -0.3 is 29.4 Å². The summed E-state index contributed by atoms with van der Waals surface area (Å²) in [7, 11) is 0. The van der Waals surface area contributed by atoms with Crippen LogP contribution in [0.1, 0.15) is 86.6 Å². The fraction of sp³-hybridized carbons (Fsp3) is 0.655. The van der Waals surface area contributed by atoms with E-state index in [1.165, 1.54) is 12.1 Å². The van der Waals surface area contributed by atoms with E-state index in [4.69, 9.17) is 29.4 Å². The van der Waals surface area contributed by atoms with Gasteiger partial charge in [0.2, 0.25) is 0 Å². The van der Waals surface area contributed by atoms with Crippen molar-refractivity contribution in [3.63, 3.8) is 0 Å². The Labute approximate surface area is 231 Å². The monoisotopic (exact) mass is 551 g/mol. The summed E-state index contributed by atoms with van der Waals surface area (Å²) in [5.41, 5.74) is 5.14. The maximum Gasteiger partial charge on any atom is 0.508 e. The van der Waals surface area contributed by atoms with E-state index in [9.17, 15) is 19.2 Å². The molecule has 0 fully saturated rings. The summed E-state index contributed by atoms with van der Waals surface area (Å²) < 4.78 is 26.4. The van der Waals surface area contributed by atoms with Crippen LogP contribution in [0.15, 0.2) is 18.2 Å². The normalized spacial score (nSPS) is 13.2. The third kappa shape index (κ3) is 11.2. The summed E-state index contributed by atoms with van der Waals surface area (Å²) in [4.78, 5) is 49.6. The zero-order chi connectivity index (χ0) is 29.8. The van der Waals surface area contributed by atoms with Gasteiger partial charge in [-0.05, 0) is 78.0 Å². The topological polar surface area (TPSA) is 140 Å². The van der Waals surface area contributed by atoms with Gasteiger partial charge in [-0.3, -0.25) is 14.4 Å². The van der Waals surface area contributed by atoms with Crippen LogP contribution in [0.3, 0.4) is 0 Å². The predicted molar refractivity (Wildman–Crippen MR) is 145 cm³/mol. The average molecular weight is 552 g/mol. The van der Waals surface area contributed by atoms with Crippen molar-refractivity contribution in [2.45, 2.75) is 99.6 Å². The number of benzene rings is 1. The van der Waals surface area contributed by atoms with E-state index in [-0.39, 0.29) is 31.1 Å². The summed E-state index contributed by atoms with van der Waals surface area (Å²) >= 11 is 0. The Bertz CT molecular complexity index is 987. The number of esters is 3. The van der Waals surface area contributed by atoms with E-state index in [0.717, 1.165) is 12.8 Å². The molecule has 1 aromatic rings. The molecule has 0 aromatic heterocycles. The molecule has 1 rings (SSSR count). The van der Waals surface area contributed by atoms with Crippen LogP contribution in [0.5, 0.6) is 11.5 Å². The van der Waals surface area contributed by atoms with Gasteiger partial charge in [0, 0.05) is 0 Å². The minimum atomic E-state index is -1.05. The minimum Gasteiger partial charge on any atom is -0.458 e. The van der Waals surface area contributed by atoms with E-state index in [1.54, 1.807) is 40.7 Å². The van der Waals surface area contributed by atoms with Gasteiger partial charge in [0.25, 0.3) is 0 Å². The second-order valence-corrected chi connectivity index (χ2v) is 10.9. The van der Waals surface area contributed by atoms with Crippen molar-refractivity contribution in [3.05, 3.63) is 23.8 Å². The molecule has 2 atom stereocenters. The molecule has 0 unspecified atom stereocenters. The van der Waals surface area contributed by atoms with Gasteiger partial charge in [-0.2, -0.15) is 0 Å². The fourth-order valence-electron chi connectivity index (χ4n) is 2.79. The Hall–Kier alpha value is -3.14. The number of unbranched alkanes of at least 4 members (excludes halogenated alkanes) is 1. The van der Waals surface area contributed by atoms with Gasteiger partial charge in [-0.25, -0.2) is 4.79 Å². The first kappa shape index (κ1) is 33.9. The third-order valence-electron chi connectivity index (χ3n) is 6.52. The maximum absolute atomic E-state index is 12.8. The molecule has 0 radical (unpaired) electrons. The standard InChI is InChI=1S/C29H45NO9/c1-9-12-15-35-27(34)36-18-19(4)37-24(31)21(30)16-20-13-14-22(38-25(32)28(5,6)10-2)23(17-20)39-26(33)29(7,8)11-3/h13-14,17,19,21H,9-12,15-16,18,30H2,1-8H3/t19-,21-/m0/s1. The fourth-order valence-corrected chi connectivity index (χ4v) is 2.79. The Morgan fingerprint density at radius 2 is 1.44 bits per heavy atom. The number of hydrogen-bond donors (Lipinski definition) is 1. The summed E-state index contributed by atoms with van der Waals surface area (Å²) in [6.45, 7) is 14.4. The van der Waals surface area contributed by atoms with E-state index in [2.05, 4.69) is 0 Å². The molecule has 220 valence electrons. The van der Waals surface area contributed by atoms with Crippen molar-refractivity contribution in [2.75, 3.05) is 13.2 Å². The lowest BCUT2D eigenvalue weighted by Crippen LogP contribution is -2.37. The minimum absolute atomic E-state index is 0.0574. The zero-order valence-electron chi connectivity index (χ0n) is 24.6. The van der Waals surface area contributed by atoms with Crippen LogP contribution in [0.25, 0.3) is 0 Å². The van der Waals surface area contributed by atoms with E-state index >= 15 is 0 Å². The second kappa shape index (κ2) is 15.5. The molecule has 0 saturated carbocycles. The Kier molecular flexibility index (Phi) is 13.4. The first-order valence-corrected chi connectivity index (χ1v) is 13.5. The SMILES string of the molecule is CCCCOC(=O)OC[C@H](C)OC(=O)[C@@H](N)Cc1ccc(OC(=O)C(C)(C)CC)c(OC(=O)C(C)(C)CC)c1. The molecule has 0 bridgehead atoms. The van der Waals surface area contributed by atoms with Crippen LogP contribution in [0.4, 0.5) is 4.79 Å². The number of carbonyl (C=O) groups excluding carboxylic acids is 4. The molecule has 2 N–H and O–H groups in total. The Morgan fingerprint density at radius 3 is 1.97 bits per heavy atom. The van der Waals surface area contributed by atoms with E-state index in [1.807, 2.05) is 20.8 Å². The molecule has 0 saturated heterocycles. The zero-order valence-corrected chi connectivity index (χ0v) is 24.6. The first-order chi connectivity index (χ1) is 18.2. The lowest BCUT2D eigenvalue weighted by atomic mass is 9.90. The van der Waals surface area contributed by atoms with Crippen molar-refractivity contribution in [1.82, 2.24) is 0 Å². The largest absolute Gasteiger partial charge is 0.508 e. The molecule has 0 heterocycles. The molecule has 1 aromatic carbocycles. The highest BCUT2D eigenvalue weighted by atomic mass is 16.7. The van der Waals surface area contributed by atoms with Crippen LogP contribution in [-0.4, -0.2) is 49.4 Å². The third-order valence-corrected chi connectivity index (χ3v) is 6.52. The van der Waals surface area contributed by atoms with Gasteiger partial charge >= 0.3 is 24.1 Å². The number of ether oxygens (including phenoxy) is 5. The molecule has 0 aliphatic carbocycles. The lowest BCUT2D eigenvalue weighted by Gasteiger charge is -2.23. The van der Waals surface area contributed by atoms with Crippen molar-refractivity contribution in [1.29, 1.82) is 0 Å². The highest BCUT2D eigenvalue weighted by molar-refractivity contribution is 5.81. The first-order valence-electron chi connectivity index (χ1n) is 13.5. The Balaban J connectivity index is 2.95. The van der Waals surface area contributed by atoms with Gasteiger partial charge in [0.05, 0.1) is 17.4 Å². The summed E-state index contributed by atoms with van der Waals surface area (Å²) in [5.74, 6) is -1.49. The van der Waals surface area contributed by atoms with Crippen molar-refractivity contribution < 1.29 is 42.9 Å². The number of nitrogens with two attached hydrogens (primary N) is 1. The van der Waals surface area contributed by atoms with Gasteiger partial charge in [-0.1, -0.05) is 33.3 Å². The molecule has 10 heteroatoms. The van der Waals surface area contributed by atoms with E-state index < -0.39 is 47.0 Å². The van der Waals surface area contributed by atoms with Gasteiger partial charge in [0.15, 0.2) is 11.5 Å². The second-order valence-electron chi connectivity index (χ2n) is 10.9. The molecule has 39 heavy (non-hydrogen) atoms. The van der Waals surface area contributed by atoms with E-state index in [0.29, 0.717) is 18.4 Å². The number of hydrogen-bond acceptors (Lipinski definition) is 10. The number of rotatable bonds is 15. The molecule has 10 nitrogen and oxygen atoms in total. The Morgan fingerprint density at radius 1 is 0.872 bits per heavy atom. The van der Waals surface area contributed by atoms with Gasteiger partial charge in [0.1, 0.15) is 18.8 Å². The summed E-state index contributed by atoms with van der Waals surface area (Å²) in [6.07, 6.45) is 1.20. The van der Waals surface area contributed by atoms with Crippen molar-refractivity contribution in [2.24, 2.45) is 16.6 Å². The molecular formula is C29H45NO9. The average Bonchev–Trinajstić information content (AvgIpc) is 2.88. The van der Waals surface area contributed by atoms with Crippen LogP contribution in [-0.2, 0) is 35.0 Å². The molecular weight excluding hydrogens is 506 g/mol. The predicted octanol–water partition coefficient (Wildman–Crippen LogP) is 5.12. The quantitative estimate of drug-likeness (QED) is 0.177. The van der Waals surface area contributed by atoms with Gasteiger partial charge in [-0.15, -0.1) is 0 Å². The van der Waals surface area contributed by atoms with Crippen LogP contribution in [0.2, 0.25) is 0 Å². The summed E-state index contributed by atoms with van der Waals surface area (Å²) in [5, 5.41) is 0. The highest BCUT2D eigenvalue weighted by Crippen LogP contribution is 2.34. The smallest absolute Gasteiger partial charge is 0.458 e. The molecule has 0 amide bonds. The van der Waals surface area contributed by atoms with Crippen LogP contribution < -0.4 is 15.2 Å². The molecule has 0 aliphatic rings. The summed E-state index contributed by atoms with van der Waals surface area (Å²) in [6, 6.07) is 3.62. The van der Waals surface area contributed by atoms with Crippen molar-refractivity contribution >= 4 is 24.1 Å². The van der Waals surface area contributed by atoms with Crippen LogP contribution >= 0.6 is 0 Å². The molecule has 0 spiro atoms. The lowest BCUT2D eigenvalue weighted by molar-refractivity contribution is -0.152.